The second-order valence-electron chi connectivity index (χ2n) is 10.6. The molecule has 1 saturated heterocycles. The van der Waals surface area contributed by atoms with Gasteiger partial charge in [0.25, 0.3) is 0 Å². The minimum Gasteiger partial charge on any atom is -0.395 e. The number of aliphatic hydroxyl groups is 4. The molecular formula is C23H45N3O5. The number of urea groups is 1. The number of carbonyl (C=O) groups excluding carboxylic acids is 1. The van der Waals surface area contributed by atoms with E-state index in [4.69, 9.17) is 5.73 Å². The van der Waals surface area contributed by atoms with Gasteiger partial charge >= 0.3 is 6.03 Å². The molecule has 2 rings (SSSR count). The summed E-state index contributed by atoms with van der Waals surface area (Å²) in [5, 5.41) is 39.3. The number of aliphatic hydroxyl groups excluding tert-OH is 4. The minimum absolute atomic E-state index is 0.239. The molecule has 31 heavy (non-hydrogen) atoms. The molecule has 1 aliphatic carbocycles. The van der Waals surface area contributed by atoms with Crippen molar-refractivity contribution in [2.24, 2.45) is 17.1 Å². The Morgan fingerprint density at radius 3 is 2.35 bits per heavy atom. The van der Waals surface area contributed by atoms with Crippen LogP contribution in [0.4, 0.5) is 4.79 Å². The molecule has 8 nitrogen and oxygen atoms in total. The highest BCUT2D eigenvalue weighted by Gasteiger charge is 2.40. The van der Waals surface area contributed by atoms with E-state index in [2.05, 4.69) is 20.8 Å². The van der Waals surface area contributed by atoms with E-state index in [1.807, 2.05) is 9.80 Å². The molecule has 0 spiro atoms. The first-order chi connectivity index (χ1) is 14.6. The van der Waals surface area contributed by atoms with Gasteiger partial charge in [0, 0.05) is 19.1 Å². The van der Waals surface area contributed by atoms with Gasteiger partial charge in [0.15, 0.2) is 0 Å². The van der Waals surface area contributed by atoms with E-state index in [1.165, 1.54) is 6.42 Å². The third kappa shape index (κ3) is 7.29. The molecule has 0 aromatic heterocycles. The zero-order valence-corrected chi connectivity index (χ0v) is 19.6. The first kappa shape index (κ1) is 26.3. The van der Waals surface area contributed by atoms with Crippen LogP contribution < -0.4 is 5.73 Å². The fourth-order valence-electron chi connectivity index (χ4n) is 5.29. The summed E-state index contributed by atoms with van der Waals surface area (Å²) in [5.74, 6) is 0.612. The number of primary amides is 1. The summed E-state index contributed by atoms with van der Waals surface area (Å²) in [5.41, 5.74) is 5.97. The van der Waals surface area contributed by atoms with Crippen molar-refractivity contribution in [2.75, 3.05) is 26.2 Å². The number of piperidine rings is 1. The fourth-order valence-corrected chi connectivity index (χ4v) is 5.29. The van der Waals surface area contributed by atoms with Crippen LogP contribution in [-0.2, 0) is 0 Å². The van der Waals surface area contributed by atoms with Crippen LogP contribution >= 0.6 is 0 Å². The average Bonchev–Trinajstić information content (AvgIpc) is 2.70. The Morgan fingerprint density at radius 1 is 1.06 bits per heavy atom. The van der Waals surface area contributed by atoms with Crippen molar-refractivity contribution >= 4 is 6.03 Å². The van der Waals surface area contributed by atoms with Crippen LogP contribution in [-0.4, -0.2) is 92.9 Å². The molecule has 0 radical (unpaired) electrons. The third-order valence-electron chi connectivity index (χ3n) is 7.41. The number of likely N-dealkylation sites (tertiary alicyclic amines) is 1. The maximum atomic E-state index is 12.1. The average molecular weight is 444 g/mol. The van der Waals surface area contributed by atoms with Crippen LogP contribution in [0, 0.1) is 11.3 Å². The summed E-state index contributed by atoms with van der Waals surface area (Å²) in [6.07, 6.45) is 4.72. The summed E-state index contributed by atoms with van der Waals surface area (Å²) < 4.78 is 0. The molecule has 0 aromatic carbocycles. The number of rotatable bonds is 9. The second-order valence-corrected chi connectivity index (χ2v) is 10.6. The van der Waals surface area contributed by atoms with Gasteiger partial charge in [-0.25, -0.2) is 4.79 Å². The number of β-amino-alcohol motifs (C(OH)–C–C–N with tert-alkyl or cyclic N) is 1. The molecule has 182 valence electrons. The van der Waals surface area contributed by atoms with Crippen molar-refractivity contribution in [1.29, 1.82) is 0 Å². The summed E-state index contributed by atoms with van der Waals surface area (Å²) >= 11 is 0. The highest BCUT2D eigenvalue weighted by molar-refractivity contribution is 5.72. The molecule has 1 saturated carbocycles. The first-order valence-electron chi connectivity index (χ1n) is 12.0. The molecule has 6 N–H and O–H groups in total. The zero-order valence-electron chi connectivity index (χ0n) is 19.6. The highest BCUT2D eigenvalue weighted by Crippen LogP contribution is 2.39. The molecular weight excluding hydrogens is 398 g/mol. The SMILES string of the molecule is CC(C)(C)C1CCCC(N(CCCCCCN2C[C@H](O)[C@@H](O)[C@H](O)[C@H]2CO)C(N)=O)C1. The molecule has 1 heterocycles. The number of nitrogens with zero attached hydrogens (tertiary/aromatic N) is 2. The van der Waals surface area contributed by atoms with Crippen molar-refractivity contribution in [3.05, 3.63) is 0 Å². The zero-order chi connectivity index (χ0) is 23.2. The van der Waals surface area contributed by atoms with E-state index in [9.17, 15) is 25.2 Å². The Morgan fingerprint density at radius 2 is 1.74 bits per heavy atom. The monoisotopic (exact) mass is 443 g/mol. The molecule has 2 aliphatic rings. The van der Waals surface area contributed by atoms with Crippen molar-refractivity contribution in [2.45, 2.75) is 103 Å². The molecule has 0 aromatic rings. The molecule has 8 heteroatoms. The molecule has 6 atom stereocenters. The van der Waals surface area contributed by atoms with Gasteiger partial charge in [-0.15, -0.1) is 0 Å². The predicted molar refractivity (Wildman–Crippen MR) is 120 cm³/mol. The Hall–Kier alpha value is -0.930. The van der Waals surface area contributed by atoms with Gasteiger partial charge in [-0.2, -0.15) is 0 Å². The number of hydrogen-bond acceptors (Lipinski definition) is 6. The number of carbonyl (C=O) groups is 1. The third-order valence-corrected chi connectivity index (χ3v) is 7.41. The smallest absolute Gasteiger partial charge is 0.315 e. The predicted octanol–water partition coefficient (Wildman–Crippen LogP) is 1.29. The van der Waals surface area contributed by atoms with Gasteiger partial charge in [-0.1, -0.05) is 40.0 Å². The Balaban J connectivity index is 1.73. The van der Waals surface area contributed by atoms with E-state index in [1.54, 1.807) is 0 Å². The molecule has 1 aliphatic heterocycles. The van der Waals surface area contributed by atoms with E-state index in [0.29, 0.717) is 19.0 Å². The normalized spacial score (nSPS) is 32.7. The van der Waals surface area contributed by atoms with Gasteiger partial charge in [0.1, 0.15) is 12.2 Å². The molecule has 2 amide bonds. The van der Waals surface area contributed by atoms with Crippen LogP contribution in [0.1, 0.15) is 72.1 Å². The summed E-state index contributed by atoms with van der Waals surface area (Å²) in [7, 11) is 0. The topological polar surface area (TPSA) is 130 Å². The standard InChI is InChI=1S/C23H45N3O5/c1-23(2,3)16-9-8-10-17(13-16)26(22(24)31)12-7-5-4-6-11-25-14-19(28)21(30)20(29)18(25)15-27/h16-21,27-30H,4-15H2,1-3H3,(H2,24,31)/t16?,17?,18-,19+,20-,21-/m1/s1. The van der Waals surface area contributed by atoms with E-state index in [-0.39, 0.29) is 30.6 Å². The van der Waals surface area contributed by atoms with Crippen molar-refractivity contribution in [3.63, 3.8) is 0 Å². The van der Waals surface area contributed by atoms with E-state index in [0.717, 1.165) is 44.9 Å². The quantitative estimate of drug-likeness (QED) is 0.341. The maximum absolute atomic E-state index is 12.1. The highest BCUT2D eigenvalue weighted by atomic mass is 16.4. The minimum atomic E-state index is -1.22. The van der Waals surface area contributed by atoms with Crippen LogP contribution in [0.3, 0.4) is 0 Å². The van der Waals surface area contributed by atoms with Gasteiger partial charge < -0.3 is 31.1 Å². The van der Waals surface area contributed by atoms with Crippen LogP contribution in [0.15, 0.2) is 0 Å². The first-order valence-corrected chi connectivity index (χ1v) is 12.0. The van der Waals surface area contributed by atoms with Crippen molar-refractivity contribution in [1.82, 2.24) is 9.80 Å². The van der Waals surface area contributed by atoms with Gasteiger partial charge in [0.2, 0.25) is 0 Å². The largest absolute Gasteiger partial charge is 0.395 e. The summed E-state index contributed by atoms with van der Waals surface area (Å²) in [6.45, 7) is 8.14. The number of unbranched alkanes of at least 4 members (excludes halogenated alkanes) is 3. The Bertz CT molecular complexity index is 556. The van der Waals surface area contributed by atoms with Crippen LogP contribution in [0.25, 0.3) is 0 Å². The fraction of sp³-hybridized carbons (Fsp3) is 0.957. The van der Waals surface area contributed by atoms with Crippen molar-refractivity contribution < 1.29 is 25.2 Å². The van der Waals surface area contributed by atoms with Gasteiger partial charge in [-0.3, -0.25) is 4.90 Å². The number of hydrogen-bond donors (Lipinski definition) is 5. The Labute approximate surface area is 187 Å². The summed E-state index contributed by atoms with van der Waals surface area (Å²) in [6, 6.07) is -0.630. The molecule has 0 bridgehead atoms. The summed E-state index contributed by atoms with van der Waals surface area (Å²) in [4.78, 5) is 15.8. The number of nitrogens with two attached hydrogens (primary N) is 1. The lowest BCUT2D eigenvalue weighted by Crippen LogP contribution is -2.62. The molecule has 2 fully saturated rings. The lowest BCUT2D eigenvalue weighted by atomic mass is 9.70. The second kappa shape index (κ2) is 11.8. The van der Waals surface area contributed by atoms with Crippen molar-refractivity contribution in [3.8, 4) is 0 Å². The van der Waals surface area contributed by atoms with E-state index >= 15 is 0 Å². The van der Waals surface area contributed by atoms with Crippen LogP contribution in [0.5, 0.6) is 0 Å². The van der Waals surface area contributed by atoms with Gasteiger partial charge in [-0.05, 0) is 50.0 Å². The lowest BCUT2D eigenvalue weighted by Gasteiger charge is -2.43. The Kier molecular flexibility index (Phi) is 10.0. The van der Waals surface area contributed by atoms with Crippen LogP contribution in [0.2, 0.25) is 0 Å². The van der Waals surface area contributed by atoms with Gasteiger partial charge in [0.05, 0.1) is 18.8 Å². The maximum Gasteiger partial charge on any atom is 0.315 e. The number of amides is 2. The molecule has 2 unspecified atom stereocenters. The van der Waals surface area contributed by atoms with E-state index < -0.39 is 24.4 Å². The lowest BCUT2D eigenvalue weighted by molar-refractivity contribution is -0.145.